The van der Waals surface area contributed by atoms with Crippen molar-refractivity contribution in [3.05, 3.63) is 11.6 Å². The molecule has 0 aliphatic rings. The monoisotopic (exact) mass is 206 g/mol. The molecule has 0 fully saturated rings. The summed E-state index contributed by atoms with van der Waals surface area (Å²) in [5, 5.41) is 0. The Kier molecular flexibility index (Phi) is 3.40. The third-order valence-corrected chi connectivity index (χ3v) is 1.27. The normalized spacial score (nSPS) is 15.3. The molecule has 0 N–H and O–H groups in total. The number of hydrogen-bond acceptors (Lipinski definition) is 0. The molecule has 0 rings (SSSR count). The van der Waals surface area contributed by atoms with Crippen LogP contribution in [0.1, 0.15) is 13.8 Å². The van der Waals surface area contributed by atoms with Gasteiger partial charge in [0.15, 0.2) is 0 Å². The van der Waals surface area contributed by atoms with Crippen molar-refractivity contribution in [3.63, 3.8) is 0 Å². The summed E-state index contributed by atoms with van der Waals surface area (Å²) in [6, 6.07) is 0. The van der Waals surface area contributed by atoms with Gasteiger partial charge in [0.25, 0.3) is 0 Å². The van der Waals surface area contributed by atoms with Gasteiger partial charge in [0.2, 0.25) is 0 Å². The summed E-state index contributed by atoms with van der Waals surface area (Å²) in [6.07, 6.45) is -10.5. The zero-order valence-electron chi connectivity index (χ0n) is 6.92. The quantitative estimate of drug-likeness (QED) is 0.453. The number of hydrogen-bond donors (Lipinski definition) is 0. The summed E-state index contributed by atoms with van der Waals surface area (Å²) in [7, 11) is 0. The second-order valence-corrected chi connectivity index (χ2v) is 2.79. The van der Waals surface area contributed by atoms with Gasteiger partial charge in [-0.05, 0) is 5.92 Å². The van der Waals surface area contributed by atoms with Crippen molar-refractivity contribution in [2.45, 2.75) is 26.2 Å². The molecule has 0 nitrogen and oxygen atoms in total. The zero-order chi connectivity index (χ0) is 10.9. The van der Waals surface area contributed by atoms with E-state index in [1.165, 1.54) is 0 Å². The van der Waals surface area contributed by atoms with Crippen molar-refractivity contribution in [2.24, 2.45) is 5.92 Å². The topological polar surface area (TPSA) is 0 Å². The second kappa shape index (κ2) is 3.59. The molecule has 0 bridgehead atoms. The predicted molar refractivity (Wildman–Crippen MR) is 35.0 cm³/mol. The Bertz CT molecular complexity index is 194. The minimum atomic E-state index is -4.92. The summed E-state index contributed by atoms with van der Waals surface area (Å²) in [5.41, 5.74) is -1.56. The molecule has 0 amide bonds. The van der Waals surface area contributed by atoms with Crippen LogP contribution in [0, 0.1) is 5.92 Å². The Morgan fingerprint density at radius 1 is 1.00 bits per heavy atom. The van der Waals surface area contributed by atoms with Gasteiger partial charge in [0, 0.05) is 11.6 Å². The van der Waals surface area contributed by atoms with E-state index in [0.717, 1.165) is 13.8 Å². The van der Waals surface area contributed by atoms with E-state index in [-0.39, 0.29) is 0 Å². The van der Waals surface area contributed by atoms with Gasteiger partial charge >= 0.3 is 12.4 Å². The standard InChI is InChI=1S/C7H8F6/c1-4(2)5(7(11,12)13)3-6(8,9)10/h3-4H,1-2H3/b5-3-. The van der Waals surface area contributed by atoms with Crippen molar-refractivity contribution in [1.82, 2.24) is 0 Å². The van der Waals surface area contributed by atoms with Crippen LogP contribution >= 0.6 is 0 Å². The van der Waals surface area contributed by atoms with E-state index in [0.29, 0.717) is 0 Å². The fraction of sp³-hybridized carbons (Fsp3) is 0.714. The number of allylic oxidation sites excluding steroid dienone is 2. The molecule has 0 aromatic carbocycles. The molecule has 13 heavy (non-hydrogen) atoms. The van der Waals surface area contributed by atoms with Crippen LogP contribution in [-0.2, 0) is 0 Å². The third-order valence-electron chi connectivity index (χ3n) is 1.27. The van der Waals surface area contributed by atoms with Crippen LogP contribution in [-0.4, -0.2) is 12.4 Å². The fourth-order valence-electron chi connectivity index (χ4n) is 0.752. The largest absolute Gasteiger partial charge is 0.412 e. The van der Waals surface area contributed by atoms with Gasteiger partial charge < -0.3 is 0 Å². The average molecular weight is 206 g/mol. The molecule has 0 aromatic heterocycles. The first kappa shape index (κ1) is 12.3. The van der Waals surface area contributed by atoms with Crippen LogP contribution in [0.4, 0.5) is 26.3 Å². The van der Waals surface area contributed by atoms with Gasteiger partial charge in [-0.15, -0.1) is 0 Å². The lowest BCUT2D eigenvalue weighted by Crippen LogP contribution is -2.20. The highest BCUT2D eigenvalue weighted by Crippen LogP contribution is 2.34. The SMILES string of the molecule is CC(C)/C(=C/C(F)(F)F)C(F)(F)F. The smallest absolute Gasteiger partial charge is 0.167 e. The van der Waals surface area contributed by atoms with Crippen molar-refractivity contribution >= 4 is 0 Å². The van der Waals surface area contributed by atoms with E-state index < -0.39 is 29.9 Å². The highest BCUT2D eigenvalue weighted by atomic mass is 19.4. The Morgan fingerprint density at radius 3 is 1.46 bits per heavy atom. The van der Waals surface area contributed by atoms with Crippen LogP contribution in [0.15, 0.2) is 11.6 Å². The molecule has 0 aliphatic carbocycles. The highest BCUT2D eigenvalue weighted by Gasteiger charge is 2.39. The molecule has 0 radical (unpaired) electrons. The molecule has 0 aromatic rings. The maximum Gasteiger partial charge on any atom is 0.412 e. The van der Waals surface area contributed by atoms with Crippen molar-refractivity contribution < 1.29 is 26.3 Å². The van der Waals surface area contributed by atoms with Gasteiger partial charge in [0.1, 0.15) is 0 Å². The molecule has 0 saturated heterocycles. The van der Waals surface area contributed by atoms with Crippen LogP contribution in [0.3, 0.4) is 0 Å². The molecule has 0 atom stereocenters. The first-order valence-corrected chi connectivity index (χ1v) is 3.40. The van der Waals surface area contributed by atoms with Crippen LogP contribution in [0.25, 0.3) is 0 Å². The lowest BCUT2D eigenvalue weighted by molar-refractivity contribution is -0.112. The molecule has 0 saturated carbocycles. The summed E-state index contributed by atoms with van der Waals surface area (Å²) in [5.74, 6) is -1.19. The minimum Gasteiger partial charge on any atom is -0.167 e. The van der Waals surface area contributed by atoms with Gasteiger partial charge in [-0.3, -0.25) is 0 Å². The maximum absolute atomic E-state index is 11.9. The lowest BCUT2D eigenvalue weighted by Gasteiger charge is -2.15. The zero-order valence-corrected chi connectivity index (χ0v) is 6.92. The highest BCUT2D eigenvalue weighted by molar-refractivity contribution is 5.13. The first-order valence-electron chi connectivity index (χ1n) is 3.40. The van der Waals surface area contributed by atoms with Gasteiger partial charge in [-0.2, -0.15) is 26.3 Å². The first-order chi connectivity index (χ1) is 5.54. The van der Waals surface area contributed by atoms with Crippen LogP contribution < -0.4 is 0 Å². The predicted octanol–water partition coefficient (Wildman–Crippen LogP) is 3.69. The molecule has 6 heteroatoms. The maximum atomic E-state index is 11.9. The number of rotatable bonds is 1. The Morgan fingerprint density at radius 2 is 1.38 bits per heavy atom. The Hall–Kier alpha value is -0.680. The third kappa shape index (κ3) is 4.80. The Labute approximate surface area is 71.2 Å². The molecule has 0 heterocycles. The van der Waals surface area contributed by atoms with E-state index in [1.54, 1.807) is 0 Å². The molecular weight excluding hydrogens is 198 g/mol. The molecule has 0 aliphatic heterocycles. The second-order valence-electron chi connectivity index (χ2n) is 2.79. The number of halogens is 6. The van der Waals surface area contributed by atoms with Crippen molar-refractivity contribution in [3.8, 4) is 0 Å². The minimum absolute atomic E-state index is 0.697. The van der Waals surface area contributed by atoms with Crippen molar-refractivity contribution in [1.29, 1.82) is 0 Å². The van der Waals surface area contributed by atoms with Crippen LogP contribution in [0.2, 0.25) is 0 Å². The van der Waals surface area contributed by atoms with Gasteiger partial charge in [-0.1, -0.05) is 13.8 Å². The molecule has 0 spiro atoms. The summed E-state index contributed by atoms with van der Waals surface area (Å²) >= 11 is 0. The lowest BCUT2D eigenvalue weighted by atomic mass is 10.0. The van der Waals surface area contributed by atoms with E-state index in [4.69, 9.17) is 0 Å². The molecule has 78 valence electrons. The van der Waals surface area contributed by atoms with E-state index in [2.05, 4.69) is 0 Å². The van der Waals surface area contributed by atoms with E-state index in [1.807, 2.05) is 0 Å². The average Bonchev–Trinajstić information content (AvgIpc) is 1.77. The Balaban J connectivity index is 4.95. The summed E-state index contributed by atoms with van der Waals surface area (Å²) in [4.78, 5) is 0. The van der Waals surface area contributed by atoms with E-state index >= 15 is 0 Å². The summed E-state index contributed by atoms with van der Waals surface area (Å²) in [6.45, 7) is 2.12. The summed E-state index contributed by atoms with van der Waals surface area (Å²) < 4.78 is 70.7. The van der Waals surface area contributed by atoms with Crippen LogP contribution in [0.5, 0.6) is 0 Å². The van der Waals surface area contributed by atoms with Crippen molar-refractivity contribution in [2.75, 3.05) is 0 Å². The van der Waals surface area contributed by atoms with Gasteiger partial charge in [-0.25, -0.2) is 0 Å². The molecule has 0 unspecified atom stereocenters. The van der Waals surface area contributed by atoms with Gasteiger partial charge in [0.05, 0.1) is 0 Å². The van der Waals surface area contributed by atoms with E-state index in [9.17, 15) is 26.3 Å². The molecular formula is C7H8F6. The number of alkyl halides is 6. The fourth-order valence-corrected chi connectivity index (χ4v) is 0.752.